The van der Waals surface area contributed by atoms with Crippen molar-refractivity contribution in [2.24, 2.45) is 0 Å². The molecule has 0 amide bonds. The Kier molecular flexibility index (Phi) is 6.21. The molecule has 152 valence electrons. The van der Waals surface area contributed by atoms with Gasteiger partial charge in [0, 0.05) is 23.6 Å². The summed E-state index contributed by atoms with van der Waals surface area (Å²) in [5, 5.41) is 5.65. The van der Waals surface area contributed by atoms with Gasteiger partial charge < -0.3 is 15.4 Å². The minimum Gasteiger partial charge on any atom is -0.491 e. The fourth-order valence-electron chi connectivity index (χ4n) is 2.49. The van der Waals surface area contributed by atoms with Crippen molar-refractivity contribution in [1.29, 1.82) is 0 Å². The van der Waals surface area contributed by atoms with Gasteiger partial charge >= 0.3 is 6.18 Å². The minimum atomic E-state index is -4.60. The molecule has 0 bridgehead atoms. The average Bonchev–Trinajstić information content (AvgIpc) is 2.68. The Balaban J connectivity index is 1.90. The number of halogens is 3. The van der Waals surface area contributed by atoms with Gasteiger partial charge in [0.2, 0.25) is 5.95 Å². The lowest BCUT2D eigenvalue weighted by Crippen LogP contribution is -2.13. The largest absolute Gasteiger partial charge is 0.491 e. The number of para-hydroxylation sites is 1. The normalized spacial score (nSPS) is 12.3. The fourth-order valence-corrected chi connectivity index (χ4v) is 2.49. The zero-order valence-corrected chi connectivity index (χ0v) is 16.0. The summed E-state index contributed by atoms with van der Waals surface area (Å²) in [5.74, 6) is 0.278. The zero-order chi connectivity index (χ0) is 20.9. The molecule has 5 nitrogen and oxygen atoms in total. The van der Waals surface area contributed by atoms with Gasteiger partial charge in [-0.2, -0.15) is 18.2 Å². The standard InChI is InChI=1S/C21H21F3N4O/c1-3-14(2)29-17-11-7-10-16(12-17)26-19-18(21(22,23)24)13-25-20(28-19)27-15-8-5-4-6-9-15/h4-14H,3H2,1-2H3,(H2,25,26,27,28). The number of alkyl halides is 3. The Labute approximate surface area is 167 Å². The Morgan fingerprint density at radius 1 is 1.00 bits per heavy atom. The van der Waals surface area contributed by atoms with E-state index in [0.29, 0.717) is 17.1 Å². The van der Waals surface area contributed by atoms with Crippen LogP contribution in [0.2, 0.25) is 0 Å². The summed E-state index contributed by atoms with van der Waals surface area (Å²) < 4.78 is 46.1. The highest BCUT2D eigenvalue weighted by Crippen LogP contribution is 2.35. The number of nitrogens with zero attached hydrogens (tertiary/aromatic N) is 2. The maximum absolute atomic E-state index is 13.4. The summed E-state index contributed by atoms with van der Waals surface area (Å²) in [5.41, 5.74) is 0.146. The zero-order valence-electron chi connectivity index (χ0n) is 16.0. The second-order valence-electron chi connectivity index (χ2n) is 6.43. The van der Waals surface area contributed by atoms with Crippen LogP contribution in [0, 0.1) is 0 Å². The molecular weight excluding hydrogens is 381 g/mol. The fraction of sp³-hybridized carbons (Fsp3) is 0.238. The highest BCUT2D eigenvalue weighted by Gasteiger charge is 2.35. The number of nitrogens with one attached hydrogen (secondary N) is 2. The maximum Gasteiger partial charge on any atom is 0.421 e. The van der Waals surface area contributed by atoms with Crippen LogP contribution in [0.1, 0.15) is 25.8 Å². The molecule has 29 heavy (non-hydrogen) atoms. The summed E-state index contributed by atoms with van der Waals surface area (Å²) >= 11 is 0. The van der Waals surface area contributed by atoms with E-state index in [1.54, 1.807) is 48.5 Å². The molecule has 2 N–H and O–H groups in total. The van der Waals surface area contributed by atoms with Crippen LogP contribution in [0.3, 0.4) is 0 Å². The molecule has 1 atom stereocenters. The highest BCUT2D eigenvalue weighted by atomic mass is 19.4. The van der Waals surface area contributed by atoms with Crippen molar-refractivity contribution in [3.05, 3.63) is 66.4 Å². The van der Waals surface area contributed by atoms with E-state index in [9.17, 15) is 13.2 Å². The molecule has 0 spiro atoms. The van der Waals surface area contributed by atoms with Crippen LogP contribution in [-0.4, -0.2) is 16.1 Å². The molecule has 3 rings (SSSR count). The third kappa shape index (κ3) is 5.60. The van der Waals surface area contributed by atoms with Crippen LogP contribution in [0.4, 0.5) is 36.3 Å². The lowest BCUT2D eigenvalue weighted by atomic mass is 10.2. The highest BCUT2D eigenvalue weighted by molar-refractivity contribution is 5.63. The van der Waals surface area contributed by atoms with E-state index < -0.39 is 11.7 Å². The van der Waals surface area contributed by atoms with Crippen molar-refractivity contribution in [2.75, 3.05) is 10.6 Å². The lowest BCUT2D eigenvalue weighted by Gasteiger charge is -2.16. The first-order valence-electron chi connectivity index (χ1n) is 9.15. The van der Waals surface area contributed by atoms with Crippen LogP contribution in [-0.2, 0) is 6.18 Å². The molecule has 0 aliphatic carbocycles. The van der Waals surface area contributed by atoms with E-state index in [2.05, 4.69) is 20.6 Å². The quantitative estimate of drug-likeness (QED) is 0.496. The molecule has 1 aromatic heterocycles. The number of aromatic nitrogens is 2. The molecule has 0 aliphatic heterocycles. The number of ether oxygens (including phenoxy) is 1. The first-order chi connectivity index (χ1) is 13.8. The van der Waals surface area contributed by atoms with Gasteiger partial charge in [0.25, 0.3) is 0 Å². The molecule has 0 aliphatic rings. The Morgan fingerprint density at radius 3 is 2.41 bits per heavy atom. The smallest absolute Gasteiger partial charge is 0.421 e. The summed E-state index contributed by atoms with van der Waals surface area (Å²) in [6.45, 7) is 3.92. The van der Waals surface area contributed by atoms with Gasteiger partial charge in [-0.3, -0.25) is 0 Å². The SMILES string of the molecule is CCC(C)Oc1cccc(Nc2nc(Nc3ccccc3)ncc2C(F)(F)F)c1. The average molecular weight is 402 g/mol. The molecule has 0 radical (unpaired) electrons. The van der Waals surface area contributed by atoms with Crippen molar-refractivity contribution in [3.63, 3.8) is 0 Å². The number of rotatable bonds is 7. The van der Waals surface area contributed by atoms with Crippen molar-refractivity contribution in [1.82, 2.24) is 9.97 Å². The Morgan fingerprint density at radius 2 is 1.72 bits per heavy atom. The maximum atomic E-state index is 13.4. The Bertz CT molecular complexity index is 948. The van der Waals surface area contributed by atoms with Crippen LogP contribution >= 0.6 is 0 Å². The second-order valence-corrected chi connectivity index (χ2v) is 6.43. The topological polar surface area (TPSA) is 59.1 Å². The van der Waals surface area contributed by atoms with Gasteiger partial charge in [0.15, 0.2) is 0 Å². The van der Waals surface area contributed by atoms with Gasteiger partial charge in [-0.15, -0.1) is 0 Å². The number of benzene rings is 2. The van der Waals surface area contributed by atoms with E-state index >= 15 is 0 Å². The van der Waals surface area contributed by atoms with Crippen molar-refractivity contribution < 1.29 is 17.9 Å². The molecule has 2 aromatic carbocycles. The predicted molar refractivity (Wildman–Crippen MR) is 107 cm³/mol. The van der Waals surface area contributed by atoms with Crippen molar-refractivity contribution >= 4 is 23.1 Å². The summed E-state index contributed by atoms with van der Waals surface area (Å²) in [6.07, 6.45) is -3.02. The molecule has 8 heteroatoms. The summed E-state index contributed by atoms with van der Waals surface area (Å²) in [4.78, 5) is 7.85. The van der Waals surface area contributed by atoms with E-state index in [4.69, 9.17) is 4.74 Å². The molecule has 0 fully saturated rings. The van der Waals surface area contributed by atoms with Gasteiger partial charge in [-0.05, 0) is 37.6 Å². The molecule has 0 saturated heterocycles. The van der Waals surface area contributed by atoms with Gasteiger partial charge in [0.05, 0.1) is 6.10 Å². The first kappa shape index (κ1) is 20.4. The molecule has 1 unspecified atom stereocenters. The number of anilines is 4. The number of hydrogen-bond acceptors (Lipinski definition) is 5. The van der Waals surface area contributed by atoms with Crippen LogP contribution < -0.4 is 15.4 Å². The Hall–Kier alpha value is -3.29. The number of hydrogen-bond donors (Lipinski definition) is 2. The summed E-state index contributed by atoms with van der Waals surface area (Å²) in [7, 11) is 0. The van der Waals surface area contributed by atoms with Gasteiger partial charge in [-0.1, -0.05) is 31.2 Å². The van der Waals surface area contributed by atoms with Crippen molar-refractivity contribution in [3.8, 4) is 5.75 Å². The van der Waals surface area contributed by atoms with Gasteiger partial charge in [-0.25, -0.2) is 4.98 Å². The molecule has 3 aromatic rings. The molecular formula is C21H21F3N4O. The lowest BCUT2D eigenvalue weighted by molar-refractivity contribution is -0.137. The second kappa shape index (κ2) is 8.81. The van der Waals surface area contributed by atoms with Crippen LogP contribution in [0.5, 0.6) is 5.75 Å². The van der Waals surface area contributed by atoms with Crippen LogP contribution in [0.15, 0.2) is 60.8 Å². The van der Waals surface area contributed by atoms with Crippen LogP contribution in [0.25, 0.3) is 0 Å². The summed E-state index contributed by atoms with van der Waals surface area (Å²) in [6, 6.07) is 15.7. The van der Waals surface area contributed by atoms with E-state index in [0.717, 1.165) is 12.6 Å². The first-order valence-corrected chi connectivity index (χ1v) is 9.15. The third-order valence-corrected chi connectivity index (χ3v) is 4.13. The van der Waals surface area contributed by atoms with Crippen molar-refractivity contribution in [2.45, 2.75) is 32.5 Å². The van der Waals surface area contributed by atoms with E-state index in [1.807, 2.05) is 19.9 Å². The van der Waals surface area contributed by atoms with E-state index in [1.165, 1.54) is 0 Å². The molecule has 0 saturated carbocycles. The van der Waals surface area contributed by atoms with E-state index in [-0.39, 0.29) is 17.9 Å². The monoisotopic (exact) mass is 402 g/mol. The molecule has 1 heterocycles. The predicted octanol–water partition coefficient (Wildman–Crippen LogP) is 6.16. The minimum absolute atomic E-state index is 0.00304. The third-order valence-electron chi connectivity index (χ3n) is 4.13. The van der Waals surface area contributed by atoms with Gasteiger partial charge in [0.1, 0.15) is 17.1 Å².